The van der Waals surface area contributed by atoms with Crippen LogP contribution in [0.1, 0.15) is 31.7 Å². The van der Waals surface area contributed by atoms with E-state index in [1.807, 2.05) is 25.4 Å². The van der Waals surface area contributed by atoms with Gasteiger partial charge in [-0.1, -0.05) is 32.1 Å². The van der Waals surface area contributed by atoms with Crippen LogP contribution in [0.4, 0.5) is 0 Å². The first-order valence-electron chi connectivity index (χ1n) is 4.73. The van der Waals surface area contributed by atoms with Gasteiger partial charge in [-0.25, -0.2) is 4.98 Å². The Morgan fingerprint density at radius 3 is 2.69 bits per heavy atom. The molecule has 1 aliphatic rings. The summed E-state index contributed by atoms with van der Waals surface area (Å²) in [5.41, 5.74) is 1.28. The summed E-state index contributed by atoms with van der Waals surface area (Å²) in [7, 11) is 0. The summed E-state index contributed by atoms with van der Waals surface area (Å²) in [5.74, 6) is 0. The summed E-state index contributed by atoms with van der Waals surface area (Å²) in [4.78, 5) is 4.24. The summed E-state index contributed by atoms with van der Waals surface area (Å²) in [6.45, 7) is 4.00. The second-order valence-electron chi connectivity index (χ2n) is 2.48. The van der Waals surface area contributed by atoms with Crippen LogP contribution in [0, 0.1) is 0 Å². The average Bonchev–Trinajstić information content (AvgIpc) is 2.75. The topological polar surface area (TPSA) is 12.9 Å². The highest BCUT2D eigenvalue weighted by Crippen LogP contribution is 2.22. The molecule has 2 rings (SSSR count). The standard InChI is InChI=1S/C9H9NS.C2H6/c1-2-4-8(5-3-1)9-10-6-7-11-9;1-2/h2,4-7H,1,3H2;1-2H3. The molecule has 1 nitrogen and oxygen atoms in total. The van der Waals surface area contributed by atoms with E-state index < -0.39 is 0 Å². The summed E-state index contributed by atoms with van der Waals surface area (Å²) < 4.78 is 0. The van der Waals surface area contributed by atoms with Crippen LogP contribution in [0.2, 0.25) is 0 Å². The molecule has 0 atom stereocenters. The van der Waals surface area contributed by atoms with Crippen molar-refractivity contribution in [1.82, 2.24) is 4.98 Å². The van der Waals surface area contributed by atoms with Crippen LogP contribution in [0.25, 0.3) is 5.57 Å². The van der Waals surface area contributed by atoms with E-state index in [0.29, 0.717) is 0 Å². The molecule has 1 aromatic heterocycles. The first-order valence-corrected chi connectivity index (χ1v) is 5.61. The number of rotatable bonds is 1. The first-order chi connectivity index (χ1) is 6.47. The van der Waals surface area contributed by atoms with Gasteiger partial charge in [-0.3, -0.25) is 0 Å². The van der Waals surface area contributed by atoms with E-state index in [1.54, 1.807) is 11.3 Å². The number of nitrogens with zero attached hydrogens (tertiary/aromatic N) is 1. The fourth-order valence-corrected chi connectivity index (χ4v) is 1.80. The van der Waals surface area contributed by atoms with Crippen molar-refractivity contribution in [3.8, 4) is 0 Å². The van der Waals surface area contributed by atoms with Gasteiger partial charge >= 0.3 is 0 Å². The van der Waals surface area contributed by atoms with Gasteiger partial charge in [0.15, 0.2) is 0 Å². The average molecular weight is 193 g/mol. The normalized spacial score (nSPS) is 14.5. The number of aromatic nitrogens is 1. The molecule has 0 fully saturated rings. The molecule has 0 radical (unpaired) electrons. The lowest BCUT2D eigenvalue weighted by Gasteiger charge is -2.01. The molecule has 0 bridgehead atoms. The zero-order chi connectivity index (χ0) is 9.52. The molecular weight excluding hydrogens is 178 g/mol. The van der Waals surface area contributed by atoms with Crippen molar-refractivity contribution in [3.05, 3.63) is 34.8 Å². The third-order valence-corrected chi connectivity index (χ3v) is 2.50. The summed E-state index contributed by atoms with van der Waals surface area (Å²) >= 11 is 1.70. The third kappa shape index (κ3) is 2.81. The highest BCUT2D eigenvalue weighted by atomic mass is 32.1. The summed E-state index contributed by atoms with van der Waals surface area (Å²) in [6, 6.07) is 0. The van der Waals surface area contributed by atoms with Crippen LogP contribution in [0.15, 0.2) is 29.8 Å². The lowest BCUT2D eigenvalue weighted by molar-refractivity contribution is 1.04. The Bertz CT molecular complexity index is 283. The molecule has 1 heterocycles. The van der Waals surface area contributed by atoms with E-state index in [1.165, 1.54) is 12.0 Å². The molecular formula is C11H15NS. The number of thiazole rings is 1. The Labute approximate surface area is 83.8 Å². The smallest absolute Gasteiger partial charge is 0.122 e. The highest BCUT2D eigenvalue weighted by Gasteiger charge is 2.01. The Morgan fingerprint density at radius 2 is 2.15 bits per heavy atom. The third-order valence-electron chi connectivity index (χ3n) is 1.67. The molecule has 0 spiro atoms. The molecule has 1 aromatic rings. The van der Waals surface area contributed by atoms with Crippen molar-refractivity contribution < 1.29 is 0 Å². The van der Waals surface area contributed by atoms with Crippen LogP contribution in [-0.2, 0) is 0 Å². The predicted octanol–water partition coefficient (Wildman–Crippen LogP) is 3.90. The minimum absolute atomic E-state index is 1.14. The van der Waals surface area contributed by atoms with Gasteiger partial charge < -0.3 is 0 Å². The molecule has 13 heavy (non-hydrogen) atoms. The minimum atomic E-state index is 1.14. The Balaban J connectivity index is 0.000000396. The van der Waals surface area contributed by atoms with Crippen LogP contribution in [0.5, 0.6) is 0 Å². The van der Waals surface area contributed by atoms with Crippen molar-refractivity contribution in [2.24, 2.45) is 0 Å². The molecule has 0 amide bonds. The Hall–Kier alpha value is -0.890. The van der Waals surface area contributed by atoms with Crippen molar-refractivity contribution in [3.63, 3.8) is 0 Å². The van der Waals surface area contributed by atoms with Gasteiger partial charge in [0.1, 0.15) is 5.01 Å². The van der Waals surface area contributed by atoms with Crippen molar-refractivity contribution in [2.75, 3.05) is 0 Å². The number of allylic oxidation sites excluding steroid dienone is 4. The molecule has 70 valence electrons. The van der Waals surface area contributed by atoms with Crippen LogP contribution >= 0.6 is 11.3 Å². The molecule has 0 saturated heterocycles. The van der Waals surface area contributed by atoms with Gasteiger partial charge in [-0.05, 0) is 12.8 Å². The second-order valence-corrected chi connectivity index (χ2v) is 3.37. The molecule has 0 N–H and O–H groups in total. The van der Waals surface area contributed by atoms with Gasteiger partial charge in [0.05, 0.1) is 0 Å². The molecule has 0 unspecified atom stereocenters. The van der Waals surface area contributed by atoms with Crippen molar-refractivity contribution in [2.45, 2.75) is 26.7 Å². The monoisotopic (exact) mass is 193 g/mol. The van der Waals surface area contributed by atoms with E-state index in [-0.39, 0.29) is 0 Å². The van der Waals surface area contributed by atoms with Gasteiger partial charge in [0.25, 0.3) is 0 Å². The molecule has 1 aliphatic carbocycles. The van der Waals surface area contributed by atoms with Crippen LogP contribution in [0.3, 0.4) is 0 Å². The van der Waals surface area contributed by atoms with Crippen LogP contribution < -0.4 is 0 Å². The summed E-state index contributed by atoms with van der Waals surface area (Å²) in [6.07, 6.45) is 10.8. The van der Waals surface area contributed by atoms with Gasteiger partial charge in [0.2, 0.25) is 0 Å². The number of hydrogen-bond donors (Lipinski definition) is 0. The zero-order valence-corrected chi connectivity index (χ0v) is 8.97. The molecule has 0 saturated carbocycles. The fraction of sp³-hybridized carbons (Fsp3) is 0.364. The maximum absolute atomic E-state index is 4.24. The fourth-order valence-electron chi connectivity index (χ4n) is 1.14. The van der Waals surface area contributed by atoms with Crippen LogP contribution in [-0.4, -0.2) is 4.98 Å². The van der Waals surface area contributed by atoms with Gasteiger partial charge in [-0.2, -0.15) is 0 Å². The molecule has 0 aliphatic heterocycles. The lowest BCUT2D eigenvalue weighted by Crippen LogP contribution is -1.83. The minimum Gasteiger partial charge on any atom is -0.245 e. The maximum Gasteiger partial charge on any atom is 0.122 e. The van der Waals surface area contributed by atoms with E-state index in [4.69, 9.17) is 0 Å². The highest BCUT2D eigenvalue weighted by molar-refractivity contribution is 7.10. The van der Waals surface area contributed by atoms with Crippen molar-refractivity contribution >= 4 is 16.9 Å². The van der Waals surface area contributed by atoms with E-state index in [9.17, 15) is 0 Å². The predicted molar refractivity (Wildman–Crippen MR) is 59.8 cm³/mol. The van der Waals surface area contributed by atoms with Crippen molar-refractivity contribution in [1.29, 1.82) is 0 Å². The summed E-state index contributed by atoms with van der Waals surface area (Å²) in [5, 5.41) is 3.15. The first kappa shape index (κ1) is 10.2. The SMILES string of the molecule is C1=CC(c2nccs2)=CCC1.CC. The second kappa shape index (κ2) is 5.70. The quantitative estimate of drug-likeness (QED) is 0.659. The largest absolute Gasteiger partial charge is 0.245 e. The zero-order valence-electron chi connectivity index (χ0n) is 8.16. The Kier molecular flexibility index (Phi) is 4.47. The van der Waals surface area contributed by atoms with E-state index in [0.717, 1.165) is 11.4 Å². The molecule has 0 aromatic carbocycles. The van der Waals surface area contributed by atoms with Gasteiger partial charge in [0, 0.05) is 17.2 Å². The number of hydrogen-bond acceptors (Lipinski definition) is 2. The lowest BCUT2D eigenvalue weighted by atomic mass is 10.1. The molecule has 2 heteroatoms. The Morgan fingerprint density at radius 1 is 1.31 bits per heavy atom. The maximum atomic E-state index is 4.24. The van der Waals surface area contributed by atoms with E-state index in [2.05, 4.69) is 23.2 Å². The van der Waals surface area contributed by atoms with E-state index >= 15 is 0 Å². The van der Waals surface area contributed by atoms with Gasteiger partial charge in [-0.15, -0.1) is 11.3 Å².